The summed E-state index contributed by atoms with van der Waals surface area (Å²) in [4.78, 5) is 12.9. The molecule has 1 aliphatic heterocycles. The molecule has 1 saturated heterocycles. The van der Waals surface area contributed by atoms with Gasteiger partial charge in [0.25, 0.3) is 5.69 Å². The molecular weight excluding hydrogens is 230 g/mol. The standard InChI is InChI=1S/C13H19N3O2/c1-13(2)5-4-6-15(13)11-7-10(14-3)8-12(9-11)16(17)18/h7-9,14H,4-6H2,1-3H3. The van der Waals surface area contributed by atoms with Gasteiger partial charge < -0.3 is 10.2 Å². The predicted molar refractivity (Wildman–Crippen MR) is 73.3 cm³/mol. The molecule has 0 spiro atoms. The van der Waals surface area contributed by atoms with Crippen LogP contribution in [0.5, 0.6) is 0 Å². The highest BCUT2D eigenvalue weighted by molar-refractivity contribution is 5.65. The first kappa shape index (κ1) is 12.7. The molecule has 0 unspecified atom stereocenters. The number of benzene rings is 1. The van der Waals surface area contributed by atoms with Gasteiger partial charge in [-0.15, -0.1) is 0 Å². The van der Waals surface area contributed by atoms with Gasteiger partial charge in [-0.3, -0.25) is 10.1 Å². The summed E-state index contributed by atoms with van der Waals surface area (Å²) in [6.45, 7) is 5.31. The highest BCUT2D eigenvalue weighted by atomic mass is 16.6. The Bertz CT molecular complexity index is 471. The lowest BCUT2D eigenvalue weighted by molar-refractivity contribution is -0.384. The fourth-order valence-electron chi connectivity index (χ4n) is 2.59. The lowest BCUT2D eigenvalue weighted by Crippen LogP contribution is -2.38. The van der Waals surface area contributed by atoms with Crippen LogP contribution in [0.4, 0.5) is 17.1 Å². The summed E-state index contributed by atoms with van der Waals surface area (Å²) in [6.07, 6.45) is 2.25. The Morgan fingerprint density at radius 2 is 2.11 bits per heavy atom. The van der Waals surface area contributed by atoms with Crippen molar-refractivity contribution >= 4 is 17.1 Å². The maximum Gasteiger partial charge on any atom is 0.273 e. The van der Waals surface area contributed by atoms with Gasteiger partial charge in [0, 0.05) is 42.6 Å². The van der Waals surface area contributed by atoms with E-state index >= 15 is 0 Å². The Hall–Kier alpha value is -1.78. The average molecular weight is 249 g/mol. The summed E-state index contributed by atoms with van der Waals surface area (Å²) in [7, 11) is 1.78. The molecule has 1 fully saturated rings. The Labute approximate surface area is 107 Å². The third-order valence-corrected chi connectivity index (χ3v) is 3.61. The summed E-state index contributed by atoms with van der Waals surface area (Å²) in [5, 5.41) is 13.9. The number of nitro benzene ring substituents is 1. The minimum absolute atomic E-state index is 0.0697. The molecule has 98 valence electrons. The third-order valence-electron chi connectivity index (χ3n) is 3.61. The van der Waals surface area contributed by atoms with E-state index in [1.807, 2.05) is 6.07 Å². The molecule has 5 heteroatoms. The highest BCUT2D eigenvalue weighted by Gasteiger charge is 2.32. The van der Waals surface area contributed by atoms with Gasteiger partial charge in [-0.2, -0.15) is 0 Å². The van der Waals surface area contributed by atoms with E-state index in [-0.39, 0.29) is 16.1 Å². The maximum absolute atomic E-state index is 11.0. The molecule has 18 heavy (non-hydrogen) atoms. The molecule has 1 aromatic rings. The number of hydrogen-bond acceptors (Lipinski definition) is 4. The van der Waals surface area contributed by atoms with Crippen molar-refractivity contribution in [3.63, 3.8) is 0 Å². The molecule has 1 aliphatic rings. The molecular formula is C13H19N3O2. The minimum Gasteiger partial charge on any atom is -0.388 e. The van der Waals surface area contributed by atoms with Crippen molar-refractivity contribution in [3.05, 3.63) is 28.3 Å². The molecule has 5 nitrogen and oxygen atoms in total. The zero-order chi connectivity index (χ0) is 13.3. The topological polar surface area (TPSA) is 58.4 Å². The van der Waals surface area contributed by atoms with Crippen LogP contribution in [0.3, 0.4) is 0 Å². The zero-order valence-electron chi connectivity index (χ0n) is 11.1. The zero-order valence-corrected chi connectivity index (χ0v) is 11.1. The van der Waals surface area contributed by atoms with Gasteiger partial charge in [0.1, 0.15) is 0 Å². The summed E-state index contributed by atoms with van der Waals surface area (Å²) in [5.41, 5.74) is 1.91. The van der Waals surface area contributed by atoms with Crippen molar-refractivity contribution < 1.29 is 4.92 Å². The highest BCUT2D eigenvalue weighted by Crippen LogP contribution is 2.36. The molecule has 1 aromatic carbocycles. The number of rotatable bonds is 3. The lowest BCUT2D eigenvalue weighted by atomic mass is 10.0. The van der Waals surface area contributed by atoms with Gasteiger partial charge in [0.15, 0.2) is 0 Å². The molecule has 0 aliphatic carbocycles. The molecule has 0 aromatic heterocycles. The van der Waals surface area contributed by atoms with Crippen molar-refractivity contribution in [1.82, 2.24) is 0 Å². The van der Waals surface area contributed by atoms with Gasteiger partial charge in [0.2, 0.25) is 0 Å². The van der Waals surface area contributed by atoms with Crippen LogP contribution in [0.15, 0.2) is 18.2 Å². The van der Waals surface area contributed by atoms with E-state index in [1.165, 1.54) is 0 Å². The average Bonchev–Trinajstić information content (AvgIpc) is 2.68. The number of hydrogen-bond donors (Lipinski definition) is 1. The maximum atomic E-state index is 11.0. The van der Waals surface area contributed by atoms with Crippen molar-refractivity contribution in [1.29, 1.82) is 0 Å². The quantitative estimate of drug-likeness (QED) is 0.660. The first-order chi connectivity index (χ1) is 8.44. The smallest absolute Gasteiger partial charge is 0.273 e. The summed E-state index contributed by atoms with van der Waals surface area (Å²) in [5.74, 6) is 0. The molecule has 0 atom stereocenters. The monoisotopic (exact) mass is 249 g/mol. The molecule has 0 amide bonds. The van der Waals surface area contributed by atoms with Gasteiger partial charge in [-0.1, -0.05) is 0 Å². The lowest BCUT2D eigenvalue weighted by Gasteiger charge is -2.33. The second kappa shape index (κ2) is 4.48. The van der Waals surface area contributed by atoms with E-state index in [2.05, 4.69) is 24.1 Å². The first-order valence-electron chi connectivity index (χ1n) is 6.19. The number of anilines is 2. The van der Waals surface area contributed by atoms with Crippen LogP contribution in [-0.2, 0) is 0 Å². The molecule has 1 N–H and O–H groups in total. The van der Waals surface area contributed by atoms with Gasteiger partial charge in [0.05, 0.1) is 4.92 Å². The Kier molecular flexibility index (Phi) is 3.15. The fourth-order valence-corrected chi connectivity index (χ4v) is 2.59. The Balaban J connectivity index is 2.44. The second-order valence-electron chi connectivity index (χ2n) is 5.31. The van der Waals surface area contributed by atoms with E-state index in [4.69, 9.17) is 0 Å². The van der Waals surface area contributed by atoms with Gasteiger partial charge in [-0.25, -0.2) is 0 Å². The fraction of sp³-hybridized carbons (Fsp3) is 0.538. The van der Waals surface area contributed by atoms with Crippen LogP contribution in [0.1, 0.15) is 26.7 Å². The van der Waals surface area contributed by atoms with Crippen molar-refractivity contribution in [2.75, 3.05) is 23.8 Å². The van der Waals surface area contributed by atoms with E-state index in [9.17, 15) is 10.1 Å². The van der Waals surface area contributed by atoms with Crippen molar-refractivity contribution in [3.8, 4) is 0 Å². The molecule has 0 bridgehead atoms. The Morgan fingerprint density at radius 1 is 1.39 bits per heavy atom. The first-order valence-corrected chi connectivity index (χ1v) is 6.19. The summed E-state index contributed by atoms with van der Waals surface area (Å²) < 4.78 is 0. The van der Waals surface area contributed by atoms with E-state index < -0.39 is 0 Å². The molecule has 0 radical (unpaired) electrons. The molecule has 2 rings (SSSR count). The van der Waals surface area contributed by atoms with E-state index in [0.29, 0.717) is 0 Å². The van der Waals surface area contributed by atoms with Crippen molar-refractivity contribution in [2.45, 2.75) is 32.2 Å². The number of nitrogens with one attached hydrogen (secondary N) is 1. The summed E-state index contributed by atoms with van der Waals surface area (Å²) >= 11 is 0. The number of nitrogens with zero attached hydrogens (tertiary/aromatic N) is 2. The van der Waals surface area contributed by atoms with Crippen LogP contribution < -0.4 is 10.2 Å². The van der Waals surface area contributed by atoms with Crippen LogP contribution in [0, 0.1) is 10.1 Å². The molecule has 0 saturated carbocycles. The van der Waals surface area contributed by atoms with Gasteiger partial charge in [-0.05, 0) is 32.8 Å². The SMILES string of the molecule is CNc1cc(N2CCCC2(C)C)cc([N+](=O)[O-])c1. The van der Waals surface area contributed by atoms with Crippen LogP contribution in [-0.4, -0.2) is 24.1 Å². The van der Waals surface area contributed by atoms with E-state index in [0.717, 1.165) is 30.8 Å². The van der Waals surface area contributed by atoms with Crippen LogP contribution in [0.25, 0.3) is 0 Å². The second-order valence-corrected chi connectivity index (χ2v) is 5.31. The molecule has 1 heterocycles. The summed E-state index contributed by atoms with van der Waals surface area (Å²) in [6, 6.07) is 5.19. The third kappa shape index (κ3) is 2.25. The number of non-ortho nitro benzene ring substituents is 1. The van der Waals surface area contributed by atoms with Crippen LogP contribution in [0.2, 0.25) is 0 Å². The number of nitro groups is 1. The largest absolute Gasteiger partial charge is 0.388 e. The van der Waals surface area contributed by atoms with Gasteiger partial charge >= 0.3 is 0 Å². The van der Waals surface area contributed by atoms with Crippen LogP contribution >= 0.6 is 0 Å². The Morgan fingerprint density at radius 3 is 2.61 bits per heavy atom. The normalized spacial score (nSPS) is 17.8. The minimum atomic E-state index is -0.340. The predicted octanol–water partition coefficient (Wildman–Crippen LogP) is 3.02. The van der Waals surface area contributed by atoms with Crippen molar-refractivity contribution in [2.24, 2.45) is 0 Å². The van der Waals surface area contributed by atoms with E-state index in [1.54, 1.807) is 19.2 Å².